The zero-order chi connectivity index (χ0) is 49.9. The molecule has 0 saturated heterocycles. The van der Waals surface area contributed by atoms with Gasteiger partial charge in [0, 0.05) is 80.7 Å². The summed E-state index contributed by atoms with van der Waals surface area (Å²) in [4.78, 5) is 9.92. The summed E-state index contributed by atoms with van der Waals surface area (Å²) in [6, 6.07) is 45.9. The van der Waals surface area contributed by atoms with E-state index in [0.29, 0.717) is 30.4 Å². The third kappa shape index (κ3) is 10.3. The van der Waals surface area contributed by atoms with Gasteiger partial charge in [0.15, 0.2) is 11.5 Å². The fourth-order valence-electron chi connectivity index (χ4n) is 8.25. The molecule has 1 aliphatic heterocycles. The minimum Gasteiger partial charge on any atom is -0.377 e. The second-order valence-corrected chi connectivity index (χ2v) is 27.1. The van der Waals surface area contributed by atoms with Gasteiger partial charge in [-0.3, -0.25) is 0 Å². The summed E-state index contributed by atoms with van der Waals surface area (Å²) < 4.78 is 72.3. The van der Waals surface area contributed by atoms with Crippen LogP contribution in [0.1, 0.15) is 52.7 Å². The van der Waals surface area contributed by atoms with Crippen LogP contribution in [0.15, 0.2) is 195 Å². The van der Waals surface area contributed by atoms with Crippen molar-refractivity contribution in [3.63, 3.8) is 0 Å². The van der Waals surface area contributed by atoms with Gasteiger partial charge in [-0.25, -0.2) is 0 Å². The Morgan fingerprint density at radius 1 is 0.386 bits per heavy atom. The number of fused-ring (bicyclic) bond motifs is 10. The lowest BCUT2D eigenvalue weighted by Crippen LogP contribution is -2.15. The zero-order valence-corrected chi connectivity index (χ0v) is 45.5. The van der Waals surface area contributed by atoms with E-state index >= 15 is 0 Å². The van der Waals surface area contributed by atoms with Crippen LogP contribution in [0.5, 0.6) is 11.5 Å². The van der Waals surface area contributed by atoms with Crippen LogP contribution in [0, 0.1) is 0 Å². The minimum atomic E-state index is -4.41. The highest BCUT2D eigenvalue weighted by Gasteiger charge is 2.30. The van der Waals surface area contributed by atoms with E-state index in [1.807, 2.05) is 159 Å². The first kappa shape index (κ1) is 49.7. The number of nitrogens with zero attached hydrogens (tertiary/aromatic N) is 2. The highest BCUT2D eigenvalue weighted by Crippen LogP contribution is 2.52. The summed E-state index contributed by atoms with van der Waals surface area (Å²) in [6.45, 7) is 12.8. The van der Waals surface area contributed by atoms with Gasteiger partial charge in [0.05, 0.1) is 19.6 Å². The molecule has 0 aromatic heterocycles. The highest BCUT2D eigenvalue weighted by atomic mass is 32.2. The van der Waals surface area contributed by atoms with E-state index in [0.717, 1.165) is 52.9 Å². The molecule has 70 heavy (non-hydrogen) atoms. The number of anilines is 2. The van der Waals surface area contributed by atoms with Crippen molar-refractivity contribution in [1.82, 2.24) is 0 Å². The van der Waals surface area contributed by atoms with Crippen LogP contribution in [0.3, 0.4) is 0 Å². The van der Waals surface area contributed by atoms with Crippen molar-refractivity contribution in [2.75, 3.05) is 38.0 Å². The van der Waals surface area contributed by atoms with Crippen LogP contribution in [-0.2, 0) is 31.1 Å². The maximum Gasteiger partial charge on any atom is 0.339 e. The summed E-state index contributed by atoms with van der Waals surface area (Å²) >= 11 is 5.68. The number of hydrogen-bond donors (Lipinski definition) is 0. The molecule has 360 valence electrons. The lowest BCUT2D eigenvalue weighted by Gasteiger charge is -2.25. The molecule has 0 fully saturated rings. The molecule has 1 heterocycles. The van der Waals surface area contributed by atoms with Gasteiger partial charge in [-0.15, -0.1) is 0 Å². The quantitative estimate of drug-likeness (QED) is 0.136. The van der Waals surface area contributed by atoms with Crippen LogP contribution in [-0.4, -0.2) is 45.0 Å². The standard InChI is InChI=1S/C56H54N2O6S6/c1-55(2,3)35-29-47-53(63-69(59,60)51-27-15-21-41-43(51)23-13-25-45(41)57(7)8)48(30-35)66-38-18-12-20-40(34-38)68-50-32-36(56(4,5)6)31-49(67-39-19-11-17-37(33-39)65-47)54(50)64-70(61,62)52-28-16-22-42-44(52)24-14-26-46(42)58(9)10/h11-34H,1-10H3. The molecule has 0 unspecified atom stereocenters. The second-order valence-electron chi connectivity index (χ2n) is 19.6. The van der Waals surface area contributed by atoms with Crippen molar-refractivity contribution in [2.24, 2.45) is 0 Å². The van der Waals surface area contributed by atoms with Crippen molar-refractivity contribution in [3.05, 3.63) is 157 Å². The van der Waals surface area contributed by atoms with Gasteiger partial charge in [-0.05, 0) is 107 Å². The van der Waals surface area contributed by atoms with E-state index in [9.17, 15) is 16.8 Å². The highest BCUT2D eigenvalue weighted by molar-refractivity contribution is 8.01. The fraction of sp³-hybridized carbons (Fsp3) is 0.214. The van der Waals surface area contributed by atoms with Gasteiger partial charge in [-0.2, -0.15) is 16.8 Å². The van der Waals surface area contributed by atoms with Gasteiger partial charge in [0.1, 0.15) is 9.79 Å². The molecular weight excluding hydrogens is 989 g/mol. The van der Waals surface area contributed by atoms with Gasteiger partial charge >= 0.3 is 20.2 Å². The monoisotopic (exact) mass is 1040 g/mol. The predicted octanol–water partition coefficient (Wildman–Crippen LogP) is 15.2. The summed E-state index contributed by atoms with van der Waals surface area (Å²) in [5.41, 5.74) is 3.20. The molecule has 14 heteroatoms. The Hall–Kier alpha value is -5.22. The summed E-state index contributed by atoms with van der Waals surface area (Å²) in [5.74, 6) is 0.470. The Morgan fingerprint density at radius 3 is 0.971 bits per heavy atom. The van der Waals surface area contributed by atoms with Crippen LogP contribution in [0.2, 0.25) is 0 Å². The first-order valence-corrected chi connectivity index (χ1v) is 28.7. The Morgan fingerprint density at radius 2 is 0.671 bits per heavy atom. The van der Waals surface area contributed by atoms with E-state index in [1.165, 1.54) is 47.0 Å². The van der Waals surface area contributed by atoms with Crippen molar-refractivity contribution in [1.29, 1.82) is 0 Å². The van der Waals surface area contributed by atoms with E-state index in [1.54, 1.807) is 24.3 Å². The van der Waals surface area contributed by atoms with Crippen molar-refractivity contribution >= 4 is 100 Å². The largest absolute Gasteiger partial charge is 0.377 e. The lowest BCUT2D eigenvalue weighted by atomic mass is 9.87. The topological polar surface area (TPSA) is 93.2 Å². The van der Waals surface area contributed by atoms with Crippen molar-refractivity contribution in [2.45, 2.75) is 101 Å². The third-order valence-electron chi connectivity index (χ3n) is 11.9. The zero-order valence-electron chi connectivity index (χ0n) is 40.6. The molecule has 9 rings (SSSR count). The lowest BCUT2D eigenvalue weighted by molar-refractivity contribution is 0.471. The number of rotatable bonds is 8. The Labute approximate surface area is 429 Å². The summed E-state index contributed by atoms with van der Waals surface area (Å²) in [5, 5.41) is 2.73. The Kier molecular flexibility index (Phi) is 13.6. The van der Waals surface area contributed by atoms with Gasteiger partial charge in [0.25, 0.3) is 0 Å². The molecule has 0 amide bonds. The predicted molar refractivity (Wildman–Crippen MR) is 292 cm³/mol. The number of hydrogen-bond acceptors (Lipinski definition) is 12. The molecule has 1 aliphatic rings. The first-order chi connectivity index (χ1) is 33.1. The molecule has 0 aliphatic carbocycles. The van der Waals surface area contributed by atoms with Gasteiger partial charge < -0.3 is 18.2 Å². The molecule has 8 nitrogen and oxygen atoms in total. The number of benzene rings is 8. The van der Waals surface area contributed by atoms with E-state index in [-0.39, 0.29) is 32.1 Å². The van der Waals surface area contributed by atoms with E-state index in [2.05, 4.69) is 41.5 Å². The summed E-state index contributed by atoms with van der Waals surface area (Å²) in [6.07, 6.45) is 0. The van der Waals surface area contributed by atoms with Gasteiger partial charge in [-0.1, -0.05) is 149 Å². The molecule has 8 bridgehead atoms. The smallest absolute Gasteiger partial charge is 0.339 e. The SMILES string of the molecule is CN(C)c1cccc2c(S(=O)(=O)Oc3c4cc(C(C)(C)C)cc3Sc3cccc(c3)Sc3cc(C(C)(C)C)cc(c3OS(=O)(=O)c3cccc5c(N(C)C)cccc35)Sc3cccc(c3)S4)cccc12. The van der Waals surface area contributed by atoms with Crippen molar-refractivity contribution in [3.8, 4) is 11.5 Å². The molecule has 0 N–H and O–H groups in total. The van der Waals surface area contributed by atoms with E-state index in [4.69, 9.17) is 8.37 Å². The molecule has 0 spiro atoms. The average molecular weight is 1040 g/mol. The fourth-order valence-corrected chi connectivity index (χ4v) is 15.2. The third-order valence-corrected chi connectivity index (χ3v) is 18.5. The van der Waals surface area contributed by atoms with Crippen LogP contribution in [0.25, 0.3) is 21.5 Å². The maximum absolute atomic E-state index is 14.8. The van der Waals surface area contributed by atoms with Crippen LogP contribution < -0.4 is 18.2 Å². The average Bonchev–Trinajstić information content (AvgIpc) is 3.29. The second kappa shape index (κ2) is 19.1. The van der Waals surface area contributed by atoms with Crippen LogP contribution in [0.4, 0.5) is 11.4 Å². The Bertz CT molecular complexity index is 3260. The van der Waals surface area contributed by atoms with Crippen molar-refractivity contribution < 1.29 is 25.2 Å². The van der Waals surface area contributed by atoms with Crippen LogP contribution >= 0.6 is 47.0 Å². The first-order valence-electron chi connectivity index (χ1n) is 22.6. The van der Waals surface area contributed by atoms with Gasteiger partial charge in [0.2, 0.25) is 0 Å². The Balaban J connectivity index is 1.22. The molecule has 8 aromatic carbocycles. The molecule has 0 radical (unpaired) electrons. The normalized spacial score (nSPS) is 13.3. The van der Waals surface area contributed by atoms with E-state index < -0.39 is 20.2 Å². The molecule has 0 saturated carbocycles. The summed E-state index contributed by atoms with van der Waals surface area (Å²) in [7, 11) is -1.07. The molecule has 8 aromatic rings. The molecule has 0 atom stereocenters. The molecular formula is C56H54N2O6S6. The minimum absolute atomic E-state index is 0.0778. The maximum atomic E-state index is 14.8.